The fourth-order valence-corrected chi connectivity index (χ4v) is 6.28. The summed E-state index contributed by atoms with van der Waals surface area (Å²) >= 11 is 0. The van der Waals surface area contributed by atoms with Gasteiger partial charge in [-0.3, -0.25) is 4.55 Å². The molecule has 4 aromatic rings. The zero-order valence-corrected chi connectivity index (χ0v) is 32.4. The quantitative estimate of drug-likeness (QED) is 0.0385. The summed E-state index contributed by atoms with van der Waals surface area (Å²) in [6.45, 7) is 6.15. The van der Waals surface area contributed by atoms with Crippen LogP contribution in [0.15, 0.2) is 91.9 Å². The number of hydrogen-bond acceptors (Lipinski definition) is 17. The lowest BCUT2D eigenvalue weighted by atomic mass is 10.1. The summed E-state index contributed by atoms with van der Waals surface area (Å²) in [4.78, 5) is 4.31. The number of sulfone groups is 1. The number of anilines is 2. The zero-order valence-electron chi connectivity index (χ0n) is 30.0. The third-order valence-electron chi connectivity index (χ3n) is 7.50. The first-order valence-corrected chi connectivity index (χ1v) is 21.2. The maximum atomic E-state index is 12.0. The molecule has 55 heavy (non-hydrogen) atoms. The van der Waals surface area contributed by atoms with Crippen molar-refractivity contribution < 1.29 is 43.5 Å². The standard InChI is InChI=1S/C34H38N8O10S3/c1-5-54(45,46)20-19-51-18-16-37-34-32(23(2)29(22-35)33(38-34)36-15-6-17-50-3)42-41-31-14-13-30(27-12-9-25(21-28(27)31)52-53(4,43)44)40-39-24-7-10-26(11-8-24)55(47,48)49/h5,7-14,21H,1,6,15-20H2,2-4H3,(H2,36,37,38)(H,47,48,49). The highest BCUT2D eigenvalue weighted by Crippen LogP contribution is 2.39. The number of methoxy groups -OCH3 is 1. The summed E-state index contributed by atoms with van der Waals surface area (Å²) in [5.41, 5.74) is 1.73. The molecule has 0 aliphatic heterocycles. The van der Waals surface area contributed by atoms with Gasteiger partial charge in [0.25, 0.3) is 10.1 Å². The highest BCUT2D eigenvalue weighted by Gasteiger charge is 2.18. The van der Waals surface area contributed by atoms with Crippen molar-refractivity contribution in [3.8, 4) is 11.8 Å². The van der Waals surface area contributed by atoms with E-state index in [-0.39, 0.29) is 64.6 Å². The first-order valence-electron chi connectivity index (χ1n) is 16.3. The molecule has 0 amide bonds. The number of benzene rings is 3. The van der Waals surface area contributed by atoms with E-state index >= 15 is 0 Å². The van der Waals surface area contributed by atoms with Crippen LogP contribution in [0.4, 0.5) is 34.4 Å². The van der Waals surface area contributed by atoms with Gasteiger partial charge in [-0.15, -0.1) is 15.3 Å². The number of nitriles is 1. The topological polar surface area (TPSA) is 261 Å². The van der Waals surface area contributed by atoms with Gasteiger partial charge < -0.3 is 24.3 Å². The van der Waals surface area contributed by atoms with E-state index in [1.54, 1.807) is 32.2 Å². The summed E-state index contributed by atoms with van der Waals surface area (Å²) in [5, 5.41) is 35.5. The Balaban J connectivity index is 1.75. The lowest BCUT2D eigenvalue weighted by molar-refractivity contribution is 0.159. The van der Waals surface area contributed by atoms with Crippen LogP contribution in [0.5, 0.6) is 5.75 Å². The number of nitrogens with zero attached hydrogens (tertiary/aromatic N) is 6. The average Bonchev–Trinajstić information content (AvgIpc) is 3.13. The van der Waals surface area contributed by atoms with Crippen molar-refractivity contribution in [1.29, 1.82) is 5.26 Å². The van der Waals surface area contributed by atoms with Crippen LogP contribution in [0.3, 0.4) is 0 Å². The fraction of sp³-hybridized carbons (Fsp3) is 0.294. The number of azo groups is 2. The summed E-state index contributed by atoms with van der Waals surface area (Å²) in [7, 11) is -10.1. The molecule has 0 saturated heterocycles. The maximum Gasteiger partial charge on any atom is 0.306 e. The minimum atomic E-state index is -4.40. The maximum absolute atomic E-state index is 12.0. The van der Waals surface area contributed by atoms with Crippen LogP contribution in [-0.2, 0) is 39.5 Å². The molecule has 18 nitrogen and oxygen atoms in total. The van der Waals surface area contributed by atoms with E-state index in [1.165, 1.54) is 36.4 Å². The molecule has 0 aliphatic rings. The lowest BCUT2D eigenvalue weighted by Gasteiger charge is -2.16. The number of nitrogens with one attached hydrogen (secondary N) is 2. The normalized spacial score (nSPS) is 12.3. The highest BCUT2D eigenvalue weighted by atomic mass is 32.2. The molecule has 3 N–H and O–H groups in total. The van der Waals surface area contributed by atoms with E-state index in [0.717, 1.165) is 11.7 Å². The van der Waals surface area contributed by atoms with Gasteiger partial charge in [0.05, 0.1) is 52.7 Å². The van der Waals surface area contributed by atoms with Crippen molar-refractivity contribution in [3.05, 3.63) is 77.7 Å². The molecule has 21 heteroatoms. The van der Waals surface area contributed by atoms with Gasteiger partial charge in [-0.25, -0.2) is 13.4 Å². The van der Waals surface area contributed by atoms with Crippen LogP contribution in [-0.4, -0.2) is 86.8 Å². The Kier molecular flexibility index (Phi) is 14.5. The Morgan fingerprint density at radius 2 is 1.55 bits per heavy atom. The van der Waals surface area contributed by atoms with E-state index in [4.69, 9.17) is 13.7 Å². The van der Waals surface area contributed by atoms with Gasteiger partial charge in [-0.05, 0) is 67.9 Å². The molecular formula is C34H38N8O10S3. The Morgan fingerprint density at radius 3 is 2.18 bits per heavy atom. The Hall–Kier alpha value is -5.37. The zero-order chi connectivity index (χ0) is 40.2. The second-order valence-corrected chi connectivity index (χ2v) is 16.6. The molecule has 0 atom stereocenters. The fourth-order valence-electron chi connectivity index (χ4n) is 4.83. The molecule has 0 radical (unpaired) electrons. The van der Waals surface area contributed by atoms with Gasteiger partial charge in [-0.2, -0.15) is 27.2 Å². The summed E-state index contributed by atoms with van der Waals surface area (Å²) in [5.74, 6) is 0.297. The minimum Gasteiger partial charge on any atom is -0.385 e. The van der Waals surface area contributed by atoms with Crippen LogP contribution in [0, 0.1) is 18.3 Å². The van der Waals surface area contributed by atoms with Gasteiger partial charge in [0.15, 0.2) is 15.7 Å². The second-order valence-electron chi connectivity index (χ2n) is 11.6. The number of pyridine rings is 1. The number of hydrogen-bond donors (Lipinski definition) is 3. The monoisotopic (exact) mass is 814 g/mol. The van der Waals surface area contributed by atoms with Crippen LogP contribution < -0.4 is 14.8 Å². The Morgan fingerprint density at radius 1 is 0.873 bits per heavy atom. The molecule has 0 spiro atoms. The highest BCUT2D eigenvalue weighted by molar-refractivity contribution is 7.94. The number of rotatable bonds is 20. The van der Waals surface area contributed by atoms with Crippen molar-refractivity contribution in [2.45, 2.75) is 18.2 Å². The molecule has 4 rings (SSSR count). The van der Waals surface area contributed by atoms with Gasteiger partial charge in [-0.1, -0.05) is 6.58 Å². The number of aromatic nitrogens is 1. The smallest absolute Gasteiger partial charge is 0.306 e. The molecule has 0 aliphatic carbocycles. The van der Waals surface area contributed by atoms with Crippen molar-refractivity contribution in [2.24, 2.45) is 20.5 Å². The first-order chi connectivity index (χ1) is 26.0. The molecule has 1 heterocycles. The Bertz CT molecular complexity index is 2470. The van der Waals surface area contributed by atoms with E-state index in [1.807, 2.05) is 0 Å². The third kappa shape index (κ3) is 12.3. The van der Waals surface area contributed by atoms with Gasteiger partial charge >= 0.3 is 10.1 Å². The van der Waals surface area contributed by atoms with Crippen molar-refractivity contribution >= 4 is 75.2 Å². The van der Waals surface area contributed by atoms with Crippen LogP contribution >= 0.6 is 0 Å². The molecular weight excluding hydrogens is 777 g/mol. The predicted molar refractivity (Wildman–Crippen MR) is 206 cm³/mol. The van der Waals surface area contributed by atoms with Crippen molar-refractivity contribution in [2.75, 3.05) is 62.7 Å². The molecule has 0 saturated carbocycles. The molecule has 292 valence electrons. The van der Waals surface area contributed by atoms with E-state index in [2.05, 4.69) is 48.7 Å². The van der Waals surface area contributed by atoms with Gasteiger partial charge in [0.1, 0.15) is 23.3 Å². The van der Waals surface area contributed by atoms with Gasteiger partial charge in [0.2, 0.25) is 0 Å². The van der Waals surface area contributed by atoms with Gasteiger partial charge in [0, 0.05) is 48.6 Å². The van der Waals surface area contributed by atoms with Crippen LogP contribution in [0.1, 0.15) is 17.5 Å². The molecule has 0 unspecified atom stereocenters. The molecule has 3 aromatic carbocycles. The Labute approximate surface area is 318 Å². The SMILES string of the molecule is C=CS(=O)(=O)CCOCCNc1nc(NCCCOC)c(C#N)c(C)c1N=Nc1ccc(N=Nc2ccc(S(=O)(=O)O)cc2)c2ccc(OS(C)(=O)=O)cc12. The van der Waals surface area contributed by atoms with Crippen molar-refractivity contribution in [3.63, 3.8) is 0 Å². The minimum absolute atomic E-state index is 0.0156. The second kappa shape index (κ2) is 18.8. The van der Waals surface area contributed by atoms with E-state index in [9.17, 15) is 35.1 Å². The number of fused-ring (bicyclic) bond motifs is 1. The molecule has 0 fully saturated rings. The molecule has 0 bridgehead atoms. The van der Waals surface area contributed by atoms with Crippen LogP contribution in [0.25, 0.3) is 10.8 Å². The predicted octanol–water partition coefficient (Wildman–Crippen LogP) is 6.27. The van der Waals surface area contributed by atoms with Crippen molar-refractivity contribution in [1.82, 2.24) is 4.98 Å². The number of ether oxygens (including phenoxy) is 2. The largest absolute Gasteiger partial charge is 0.385 e. The van der Waals surface area contributed by atoms with E-state index < -0.39 is 30.1 Å². The van der Waals surface area contributed by atoms with Crippen LogP contribution in [0.2, 0.25) is 0 Å². The first kappa shape index (κ1) is 42.4. The lowest BCUT2D eigenvalue weighted by Crippen LogP contribution is -2.16. The summed E-state index contributed by atoms with van der Waals surface area (Å²) in [6, 6.07) is 14.8. The van der Waals surface area contributed by atoms with E-state index in [0.29, 0.717) is 47.4 Å². The summed E-state index contributed by atoms with van der Waals surface area (Å²) in [6.07, 6.45) is 1.54. The third-order valence-corrected chi connectivity index (χ3v) is 10.1. The average molecular weight is 815 g/mol. The molecule has 1 aromatic heterocycles. The summed E-state index contributed by atoms with van der Waals surface area (Å²) < 4.78 is 95.1.